The largest absolute Gasteiger partial charge is 0.378 e. The van der Waals surface area contributed by atoms with Gasteiger partial charge in [-0.1, -0.05) is 19.1 Å². The molecule has 196 valence electrons. The molecule has 0 radical (unpaired) electrons. The van der Waals surface area contributed by atoms with Crippen LogP contribution in [0, 0.1) is 17.7 Å². The number of likely N-dealkylation sites (tertiary alicyclic amines) is 1. The number of rotatable bonds is 12. The molecule has 1 aliphatic heterocycles. The van der Waals surface area contributed by atoms with Crippen molar-refractivity contribution in [3.63, 3.8) is 0 Å². The van der Waals surface area contributed by atoms with Gasteiger partial charge in [0, 0.05) is 43.7 Å². The molecule has 2 fully saturated rings. The predicted octanol–water partition coefficient (Wildman–Crippen LogP) is 3.57. The van der Waals surface area contributed by atoms with Crippen molar-refractivity contribution < 1.29 is 18.7 Å². The van der Waals surface area contributed by atoms with Gasteiger partial charge in [0.1, 0.15) is 5.82 Å². The first-order chi connectivity index (χ1) is 16.9. The van der Waals surface area contributed by atoms with E-state index in [0.29, 0.717) is 45.0 Å². The number of amides is 2. The summed E-state index contributed by atoms with van der Waals surface area (Å²) in [4.78, 5) is 25.8. The molecule has 0 spiro atoms. The highest BCUT2D eigenvalue weighted by atomic mass is 32.2. The van der Waals surface area contributed by atoms with Gasteiger partial charge in [-0.3, -0.25) is 9.59 Å². The van der Waals surface area contributed by atoms with Crippen LogP contribution in [0.15, 0.2) is 24.3 Å². The van der Waals surface area contributed by atoms with Crippen molar-refractivity contribution in [3.05, 3.63) is 35.6 Å². The standard InChI is InChI=1S/C26H41FN4O3S/c1-4-19(15-28-18-32)26(33)31-13-12-25(29-35-30(2)3)22(16-31)17-34-24-10-8-20(9-11-24)21-6-5-7-23(27)14-21/h5-7,14,18-20,22,24-25,29H,4,8-13,15-17H2,1-3H3,(H,28,32). The number of carbonyl (C=O) groups excluding carboxylic acids is 2. The highest BCUT2D eigenvalue weighted by molar-refractivity contribution is 7.95. The van der Waals surface area contributed by atoms with Crippen molar-refractivity contribution in [2.45, 2.75) is 63.5 Å². The van der Waals surface area contributed by atoms with E-state index < -0.39 is 0 Å². The summed E-state index contributed by atoms with van der Waals surface area (Å²) in [5, 5.41) is 2.66. The van der Waals surface area contributed by atoms with Crippen LogP contribution < -0.4 is 10.0 Å². The maximum Gasteiger partial charge on any atom is 0.227 e. The summed E-state index contributed by atoms with van der Waals surface area (Å²) in [6.45, 7) is 4.33. The fraction of sp³-hybridized carbons (Fsp3) is 0.692. The van der Waals surface area contributed by atoms with Crippen molar-refractivity contribution in [2.75, 3.05) is 40.3 Å². The number of nitrogens with zero attached hydrogens (tertiary/aromatic N) is 2. The molecule has 0 aromatic heterocycles. The number of carbonyl (C=O) groups is 2. The molecule has 1 saturated carbocycles. The van der Waals surface area contributed by atoms with Gasteiger partial charge in [-0.2, -0.15) is 0 Å². The maximum atomic E-state index is 13.6. The minimum Gasteiger partial charge on any atom is -0.378 e. The minimum absolute atomic E-state index is 0.112. The molecular weight excluding hydrogens is 467 g/mol. The number of piperidine rings is 1. The van der Waals surface area contributed by atoms with Gasteiger partial charge in [0.15, 0.2) is 0 Å². The van der Waals surface area contributed by atoms with E-state index in [1.54, 1.807) is 24.3 Å². The van der Waals surface area contributed by atoms with E-state index in [9.17, 15) is 14.0 Å². The zero-order chi connectivity index (χ0) is 25.2. The summed E-state index contributed by atoms with van der Waals surface area (Å²) in [7, 11) is 4.01. The van der Waals surface area contributed by atoms with Crippen LogP contribution in [0.3, 0.4) is 0 Å². The van der Waals surface area contributed by atoms with Crippen LogP contribution in [-0.2, 0) is 14.3 Å². The topological polar surface area (TPSA) is 73.9 Å². The molecule has 35 heavy (non-hydrogen) atoms. The Morgan fingerprint density at radius 3 is 2.71 bits per heavy atom. The van der Waals surface area contributed by atoms with Crippen LogP contribution in [0.5, 0.6) is 0 Å². The van der Waals surface area contributed by atoms with Crippen LogP contribution in [0.25, 0.3) is 0 Å². The van der Waals surface area contributed by atoms with Gasteiger partial charge >= 0.3 is 0 Å². The summed E-state index contributed by atoms with van der Waals surface area (Å²) in [6.07, 6.45) is 6.37. The second-order valence-electron chi connectivity index (χ2n) is 9.95. The molecule has 1 heterocycles. The summed E-state index contributed by atoms with van der Waals surface area (Å²) in [6, 6.07) is 7.22. The highest BCUT2D eigenvalue weighted by Crippen LogP contribution is 2.35. The van der Waals surface area contributed by atoms with Crippen molar-refractivity contribution in [1.29, 1.82) is 0 Å². The molecule has 1 aliphatic carbocycles. The lowest BCUT2D eigenvalue weighted by atomic mass is 9.82. The molecule has 3 atom stereocenters. The molecular formula is C26H41FN4O3S. The fourth-order valence-corrected chi connectivity index (χ4v) is 5.82. The molecule has 1 aromatic carbocycles. The van der Waals surface area contributed by atoms with Crippen LogP contribution >= 0.6 is 12.1 Å². The van der Waals surface area contributed by atoms with Crippen LogP contribution in [0.1, 0.15) is 56.9 Å². The van der Waals surface area contributed by atoms with Gasteiger partial charge in [-0.05, 0) is 76.2 Å². The molecule has 1 aromatic rings. The van der Waals surface area contributed by atoms with Gasteiger partial charge in [0.25, 0.3) is 0 Å². The Balaban J connectivity index is 1.55. The molecule has 3 unspecified atom stereocenters. The van der Waals surface area contributed by atoms with E-state index in [2.05, 4.69) is 10.0 Å². The monoisotopic (exact) mass is 508 g/mol. The normalized spacial score (nSPS) is 25.9. The average Bonchev–Trinajstić information content (AvgIpc) is 2.87. The number of benzene rings is 1. The van der Waals surface area contributed by atoms with E-state index >= 15 is 0 Å². The van der Waals surface area contributed by atoms with Gasteiger partial charge in [-0.15, -0.1) is 0 Å². The second-order valence-corrected chi connectivity index (χ2v) is 11.1. The average molecular weight is 509 g/mol. The Bertz CT molecular complexity index is 807. The number of hydrogen-bond donors (Lipinski definition) is 2. The number of halogens is 1. The van der Waals surface area contributed by atoms with E-state index in [1.807, 2.05) is 36.3 Å². The second kappa shape index (κ2) is 14.2. The van der Waals surface area contributed by atoms with Gasteiger partial charge in [0.05, 0.1) is 18.6 Å². The molecule has 2 aliphatic rings. The summed E-state index contributed by atoms with van der Waals surface area (Å²) in [5.74, 6) is 0.336. The minimum atomic E-state index is -0.194. The van der Waals surface area contributed by atoms with Crippen molar-refractivity contribution >= 4 is 24.5 Å². The Morgan fingerprint density at radius 2 is 2.06 bits per heavy atom. The quantitative estimate of drug-likeness (QED) is 0.332. The predicted molar refractivity (Wildman–Crippen MR) is 138 cm³/mol. The summed E-state index contributed by atoms with van der Waals surface area (Å²) >= 11 is 1.58. The molecule has 3 rings (SSSR count). The van der Waals surface area contributed by atoms with Crippen molar-refractivity contribution in [2.24, 2.45) is 11.8 Å². The Morgan fingerprint density at radius 1 is 1.29 bits per heavy atom. The lowest BCUT2D eigenvalue weighted by molar-refractivity contribution is -0.138. The molecule has 2 N–H and O–H groups in total. The van der Waals surface area contributed by atoms with Crippen molar-refractivity contribution in [3.8, 4) is 0 Å². The fourth-order valence-electron chi connectivity index (χ4n) is 5.17. The zero-order valence-corrected chi connectivity index (χ0v) is 22.1. The number of hydrogen-bond acceptors (Lipinski definition) is 6. The summed E-state index contributed by atoms with van der Waals surface area (Å²) in [5.41, 5.74) is 1.09. The highest BCUT2D eigenvalue weighted by Gasteiger charge is 2.35. The number of ether oxygens (including phenoxy) is 1. The van der Waals surface area contributed by atoms with Crippen LogP contribution in [0.2, 0.25) is 0 Å². The van der Waals surface area contributed by atoms with Gasteiger partial charge in [0.2, 0.25) is 12.3 Å². The molecule has 9 heteroatoms. The first kappa shape index (κ1) is 27.9. The number of nitrogens with one attached hydrogen (secondary N) is 2. The Labute approximate surface area is 213 Å². The van der Waals surface area contributed by atoms with Gasteiger partial charge < -0.3 is 15.0 Å². The van der Waals surface area contributed by atoms with E-state index in [4.69, 9.17) is 4.74 Å². The van der Waals surface area contributed by atoms with Crippen LogP contribution in [-0.4, -0.2) is 74.0 Å². The van der Waals surface area contributed by atoms with Crippen LogP contribution in [0.4, 0.5) is 4.39 Å². The van der Waals surface area contributed by atoms with E-state index in [-0.39, 0.29) is 35.7 Å². The SMILES string of the molecule is CCC(CNC=O)C(=O)N1CCC(NSN(C)C)C(COC2CCC(c3cccc(F)c3)CC2)C1. The molecule has 2 amide bonds. The molecule has 7 nitrogen and oxygen atoms in total. The third-order valence-corrected chi connectivity index (χ3v) is 8.04. The lowest BCUT2D eigenvalue weighted by Crippen LogP contribution is -2.53. The van der Waals surface area contributed by atoms with Gasteiger partial charge in [-0.25, -0.2) is 13.4 Å². The zero-order valence-electron chi connectivity index (χ0n) is 21.2. The molecule has 0 bridgehead atoms. The van der Waals surface area contributed by atoms with Crippen molar-refractivity contribution in [1.82, 2.24) is 19.2 Å². The smallest absolute Gasteiger partial charge is 0.227 e. The first-order valence-corrected chi connectivity index (χ1v) is 13.6. The van der Waals surface area contributed by atoms with E-state index in [1.165, 1.54) is 6.07 Å². The lowest BCUT2D eigenvalue weighted by Gasteiger charge is -2.41. The Hall–Kier alpha value is -1.68. The first-order valence-electron chi connectivity index (χ1n) is 12.8. The maximum absolute atomic E-state index is 13.6. The Kier molecular flexibility index (Phi) is 11.3. The third kappa shape index (κ3) is 8.44. The summed E-state index contributed by atoms with van der Waals surface area (Å²) < 4.78 is 25.6. The third-order valence-electron chi connectivity index (χ3n) is 7.26. The molecule has 1 saturated heterocycles. The van der Waals surface area contributed by atoms with E-state index in [0.717, 1.165) is 37.7 Å².